The van der Waals surface area contributed by atoms with E-state index in [1.54, 1.807) is 54.6 Å². The molecule has 4 rings (SSSR count). The average Bonchev–Trinajstić information content (AvgIpc) is 2.91. The normalized spacial score (nSPS) is 10.9. The number of aromatic hydroxyl groups is 1. The van der Waals surface area contributed by atoms with Crippen molar-refractivity contribution < 1.29 is 24.2 Å². The molecule has 0 spiro atoms. The number of nitrogens with zero attached hydrogens (tertiary/aromatic N) is 2. The van der Waals surface area contributed by atoms with Crippen LogP contribution in [0.15, 0.2) is 83.0 Å². The molecule has 0 heterocycles. The van der Waals surface area contributed by atoms with Crippen molar-refractivity contribution in [3.8, 4) is 17.2 Å². The van der Waals surface area contributed by atoms with Crippen molar-refractivity contribution in [1.29, 1.82) is 0 Å². The third kappa shape index (κ3) is 4.95. The number of nitrogens with one attached hydrogen (secondary N) is 2. The second-order valence-corrected chi connectivity index (χ2v) is 7.69. The number of carbonyl (C=O) groups is 2. The van der Waals surface area contributed by atoms with Crippen LogP contribution in [0.4, 0.5) is 17.1 Å². The first kappa shape index (κ1) is 24.2. The molecule has 2 amide bonds. The summed E-state index contributed by atoms with van der Waals surface area (Å²) in [6, 6.07) is 20.4. The predicted molar refractivity (Wildman–Crippen MR) is 137 cm³/mol. The van der Waals surface area contributed by atoms with E-state index in [-0.39, 0.29) is 28.6 Å². The Bertz CT molecular complexity index is 1480. The smallest absolute Gasteiger partial charge is 0.259 e. The van der Waals surface area contributed by atoms with Gasteiger partial charge < -0.3 is 25.2 Å². The van der Waals surface area contributed by atoms with E-state index in [0.29, 0.717) is 33.5 Å². The summed E-state index contributed by atoms with van der Waals surface area (Å²) in [5.74, 6) is -0.180. The summed E-state index contributed by atoms with van der Waals surface area (Å²) in [5.41, 5.74) is 1.29. The molecule has 0 saturated heterocycles. The molecule has 0 atom stereocenters. The lowest BCUT2D eigenvalue weighted by molar-refractivity contribution is 0.0962. The summed E-state index contributed by atoms with van der Waals surface area (Å²) in [6.07, 6.45) is 0. The molecule has 9 heteroatoms. The molecule has 4 aromatic rings. The average molecular weight is 485 g/mol. The third-order valence-electron chi connectivity index (χ3n) is 5.49. The second kappa shape index (κ2) is 10.6. The van der Waals surface area contributed by atoms with Gasteiger partial charge >= 0.3 is 0 Å². The van der Waals surface area contributed by atoms with Crippen LogP contribution in [0.3, 0.4) is 0 Å². The van der Waals surface area contributed by atoms with Gasteiger partial charge in [0.2, 0.25) is 0 Å². The molecule has 9 nitrogen and oxygen atoms in total. The number of phenols is 1. The number of ether oxygens (including phenoxy) is 2. The van der Waals surface area contributed by atoms with Gasteiger partial charge in [0.15, 0.2) is 5.75 Å². The van der Waals surface area contributed by atoms with Crippen LogP contribution in [0.2, 0.25) is 0 Å². The van der Waals surface area contributed by atoms with E-state index in [4.69, 9.17) is 9.47 Å². The third-order valence-corrected chi connectivity index (χ3v) is 5.49. The number of anilines is 1. The van der Waals surface area contributed by atoms with Crippen molar-refractivity contribution in [2.75, 3.05) is 26.6 Å². The van der Waals surface area contributed by atoms with E-state index in [2.05, 4.69) is 20.9 Å². The molecule has 0 aromatic heterocycles. The number of methoxy groups -OCH3 is 2. The molecule has 36 heavy (non-hydrogen) atoms. The van der Waals surface area contributed by atoms with Gasteiger partial charge in [0.1, 0.15) is 22.9 Å². The lowest BCUT2D eigenvalue weighted by Crippen LogP contribution is -2.17. The zero-order chi connectivity index (χ0) is 25.7. The Hall–Kier alpha value is -4.92. The summed E-state index contributed by atoms with van der Waals surface area (Å²) in [5, 5.41) is 26.2. The van der Waals surface area contributed by atoms with Crippen molar-refractivity contribution in [2.45, 2.75) is 0 Å². The molecule has 4 aromatic carbocycles. The Morgan fingerprint density at radius 3 is 2.42 bits per heavy atom. The highest BCUT2D eigenvalue weighted by molar-refractivity contribution is 6.11. The van der Waals surface area contributed by atoms with Crippen LogP contribution in [0, 0.1) is 0 Å². The molecule has 0 saturated carbocycles. The highest BCUT2D eigenvalue weighted by Crippen LogP contribution is 2.40. The number of carbonyl (C=O) groups excluding carboxylic acids is 2. The zero-order valence-electron chi connectivity index (χ0n) is 19.9. The van der Waals surface area contributed by atoms with Gasteiger partial charge in [-0.3, -0.25) is 9.59 Å². The summed E-state index contributed by atoms with van der Waals surface area (Å²) in [7, 11) is 4.54. The monoisotopic (exact) mass is 484 g/mol. The molecule has 3 N–H and O–H groups in total. The van der Waals surface area contributed by atoms with Crippen molar-refractivity contribution in [1.82, 2.24) is 5.32 Å². The van der Waals surface area contributed by atoms with Gasteiger partial charge in [0, 0.05) is 29.8 Å². The first-order valence-electron chi connectivity index (χ1n) is 11.0. The fourth-order valence-corrected chi connectivity index (χ4v) is 3.65. The molecule has 0 bridgehead atoms. The SMILES string of the molecule is CNC(=O)c1ccc(OC)c(N=Nc2c(O)c(C(=O)Nc3cccc(OC)c3)cc3ccccc23)c1. The quantitative estimate of drug-likeness (QED) is 0.295. The van der Waals surface area contributed by atoms with Crippen LogP contribution in [-0.2, 0) is 0 Å². The zero-order valence-corrected chi connectivity index (χ0v) is 19.9. The largest absolute Gasteiger partial charge is 0.505 e. The number of phenolic OH excluding ortho intramolecular Hbond substituents is 1. The van der Waals surface area contributed by atoms with Gasteiger partial charge in [0.05, 0.1) is 19.8 Å². The topological polar surface area (TPSA) is 122 Å². The van der Waals surface area contributed by atoms with Crippen LogP contribution >= 0.6 is 0 Å². The maximum Gasteiger partial charge on any atom is 0.259 e. The summed E-state index contributed by atoms with van der Waals surface area (Å²) in [6.45, 7) is 0. The number of hydrogen-bond donors (Lipinski definition) is 3. The molecule has 0 radical (unpaired) electrons. The van der Waals surface area contributed by atoms with Crippen LogP contribution in [0.1, 0.15) is 20.7 Å². The molecule has 0 fully saturated rings. The summed E-state index contributed by atoms with van der Waals surface area (Å²) in [4.78, 5) is 25.2. The highest BCUT2D eigenvalue weighted by Gasteiger charge is 2.19. The van der Waals surface area contributed by atoms with E-state index in [0.717, 1.165) is 0 Å². The maximum atomic E-state index is 13.1. The first-order chi connectivity index (χ1) is 17.4. The fourth-order valence-electron chi connectivity index (χ4n) is 3.65. The van der Waals surface area contributed by atoms with Crippen LogP contribution in [-0.4, -0.2) is 38.2 Å². The Kier molecular flexibility index (Phi) is 7.10. The number of rotatable bonds is 7. The number of azo groups is 1. The van der Waals surface area contributed by atoms with E-state index in [1.165, 1.54) is 27.3 Å². The van der Waals surface area contributed by atoms with Gasteiger partial charge in [-0.2, -0.15) is 0 Å². The minimum absolute atomic E-state index is 0.0246. The standard InChI is InChI=1S/C27H24N4O5/c1-28-26(33)17-11-12-23(36-3)22(14-17)30-31-24-20-10-5-4-7-16(20)13-21(25(24)32)27(34)29-18-8-6-9-19(15-18)35-2/h4-15,32H,1-3H3,(H,28,33)(H,29,34). The van der Waals surface area contributed by atoms with Gasteiger partial charge in [0.25, 0.3) is 11.8 Å². The lowest BCUT2D eigenvalue weighted by atomic mass is 10.0. The van der Waals surface area contributed by atoms with Crippen molar-refractivity contribution in [2.24, 2.45) is 10.2 Å². The molecule has 182 valence electrons. The molecule has 0 aliphatic rings. The Balaban J connectivity index is 1.78. The van der Waals surface area contributed by atoms with E-state index in [1.807, 2.05) is 12.1 Å². The first-order valence-corrected chi connectivity index (χ1v) is 11.0. The summed E-state index contributed by atoms with van der Waals surface area (Å²) >= 11 is 0. The van der Waals surface area contributed by atoms with Crippen molar-refractivity contribution >= 4 is 39.6 Å². The van der Waals surface area contributed by atoms with Crippen LogP contribution < -0.4 is 20.1 Å². The fraction of sp³-hybridized carbons (Fsp3) is 0.111. The predicted octanol–water partition coefficient (Wildman–Crippen LogP) is 5.59. The molecular formula is C27H24N4O5. The van der Waals surface area contributed by atoms with Crippen LogP contribution in [0.5, 0.6) is 17.2 Å². The maximum absolute atomic E-state index is 13.1. The van der Waals surface area contributed by atoms with E-state index >= 15 is 0 Å². The summed E-state index contributed by atoms with van der Waals surface area (Å²) < 4.78 is 10.5. The number of amides is 2. The molecule has 0 aliphatic heterocycles. The lowest BCUT2D eigenvalue weighted by Gasteiger charge is -2.12. The number of benzene rings is 4. The Morgan fingerprint density at radius 1 is 0.861 bits per heavy atom. The number of fused-ring (bicyclic) bond motifs is 1. The minimum atomic E-state index is -0.526. The molecule has 0 aliphatic carbocycles. The second-order valence-electron chi connectivity index (χ2n) is 7.69. The molecule has 0 unspecified atom stereocenters. The van der Waals surface area contributed by atoms with Gasteiger partial charge in [-0.15, -0.1) is 10.2 Å². The highest BCUT2D eigenvalue weighted by atomic mass is 16.5. The Labute approximate surface area is 207 Å². The van der Waals surface area contributed by atoms with E-state index in [9.17, 15) is 14.7 Å². The van der Waals surface area contributed by atoms with E-state index < -0.39 is 5.91 Å². The van der Waals surface area contributed by atoms with Crippen LogP contribution in [0.25, 0.3) is 10.8 Å². The van der Waals surface area contributed by atoms with Crippen molar-refractivity contribution in [3.63, 3.8) is 0 Å². The van der Waals surface area contributed by atoms with Gasteiger partial charge in [-0.1, -0.05) is 30.3 Å². The van der Waals surface area contributed by atoms with Gasteiger partial charge in [-0.25, -0.2) is 0 Å². The van der Waals surface area contributed by atoms with Gasteiger partial charge in [-0.05, 0) is 41.8 Å². The minimum Gasteiger partial charge on any atom is -0.505 e. The van der Waals surface area contributed by atoms with Crippen molar-refractivity contribution in [3.05, 3.63) is 83.9 Å². The Morgan fingerprint density at radius 2 is 1.67 bits per heavy atom. The molecular weight excluding hydrogens is 460 g/mol. The number of hydrogen-bond acceptors (Lipinski definition) is 7.